The predicted octanol–water partition coefficient (Wildman–Crippen LogP) is 3.68. The Balaban J connectivity index is 1.96. The van der Waals surface area contributed by atoms with Crippen LogP contribution in [0.25, 0.3) is 0 Å². The number of benzene rings is 1. The molecule has 0 aliphatic rings. The number of ketones is 1. The highest BCUT2D eigenvalue weighted by Crippen LogP contribution is 2.22. The molecular weight excluding hydrogens is 386 g/mol. The number of aryl methyl sites for hydroxylation is 1. The molecule has 6 nitrogen and oxygen atoms in total. The van der Waals surface area contributed by atoms with E-state index < -0.39 is 5.91 Å². The number of aromatic amines is 1. The third-order valence-corrected chi connectivity index (χ3v) is 5.13. The lowest BCUT2D eigenvalue weighted by Gasteiger charge is -2.08. The largest absolute Gasteiger partial charge is 0.354 e. The monoisotopic (exact) mass is 407 g/mol. The summed E-state index contributed by atoms with van der Waals surface area (Å²) in [6.45, 7) is 5.21. The molecule has 0 radical (unpaired) electrons. The first kappa shape index (κ1) is 21.1. The minimum atomic E-state index is -0.473. The molecule has 27 heavy (non-hydrogen) atoms. The zero-order valence-corrected chi connectivity index (χ0v) is 17.0. The topological polar surface area (TPSA) is 91.1 Å². The fourth-order valence-corrected chi connectivity index (χ4v) is 3.58. The van der Waals surface area contributed by atoms with Gasteiger partial charge in [0, 0.05) is 21.2 Å². The van der Waals surface area contributed by atoms with Crippen LogP contribution in [0.15, 0.2) is 29.2 Å². The number of Topliss-reactive ketones (excluding diaryl/α,β-unsaturated/α-hetero) is 1. The summed E-state index contributed by atoms with van der Waals surface area (Å²) in [7, 11) is 0. The van der Waals surface area contributed by atoms with Crippen molar-refractivity contribution in [3.8, 4) is 0 Å². The van der Waals surface area contributed by atoms with Gasteiger partial charge >= 0.3 is 0 Å². The lowest BCUT2D eigenvalue weighted by molar-refractivity contribution is -0.119. The van der Waals surface area contributed by atoms with E-state index in [-0.39, 0.29) is 17.4 Å². The van der Waals surface area contributed by atoms with Crippen LogP contribution in [0.3, 0.4) is 0 Å². The van der Waals surface area contributed by atoms with Crippen molar-refractivity contribution < 1.29 is 14.4 Å². The molecule has 3 N–H and O–H groups in total. The number of hydrogen-bond donors (Lipinski definition) is 3. The molecule has 0 bridgehead atoms. The molecule has 0 fully saturated rings. The number of hydrogen-bond acceptors (Lipinski definition) is 4. The summed E-state index contributed by atoms with van der Waals surface area (Å²) in [6, 6.07) is 7.14. The third-order valence-electron chi connectivity index (χ3n) is 3.87. The van der Waals surface area contributed by atoms with Gasteiger partial charge in [-0.25, -0.2) is 0 Å². The van der Waals surface area contributed by atoms with Gasteiger partial charge in [-0.2, -0.15) is 0 Å². The van der Waals surface area contributed by atoms with Gasteiger partial charge in [-0.1, -0.05) is 24.9 Å². The van der Waals surface area contributed by atoms with Gasteiger partial charge in [0.05, 0.1) is 5.75 Å². The molecule has 0 atom stereocenters. The molecule has 0 aliphatic heterocycles. The number of nitrogens with one attached hydrogen (secondary N) is 3. The van der Waals surface area contributed by atoms with Crippen molar-refractivity contribution in [1.82, 2.24) is 15.8 Å². The van der Waals surface area contributed by atoms with Crippen LogP contribution >= 0.6 is 23.4 Å². The Hall–Kier alpha value is -2.25. The summed E-state index contributed by atoms with van der Waals surface area (Å²) in [5.41, 5.74) is 7.00. The lowest BCUT2D eigenvalue weighted by atomic mass is 10.0. The molecule has 0 saturated carbocycles. The van der Waals surface area contributed by atoms with Gasteiger partial charge in [-0.3, -0.25) is 25.2 Å². The van der Waals surface area contributed by atoms with Crippen molar-refractivity contribution in [2.24, 2.45) is 0 Å². The second-order valence-corrected chi connectivity index (χ2v) is 7.51. The molecule has 2 aromatic rings. The van der Waals surface area contributed by atoms with Gasteiger partial charge in [0.2, 0.25) is 5.91 Å². The quantitative estimate of drug-likeness (QED) is 0.371. The number of hydrazine groups is 1. The molecule has 1 heterocycles. The smallest absolute Gasteiger partial charge is 0.286 e. The van der Waals surface area contributed by atoms with E-state index in [4.69, 9.17) is 11.6 Å². The van der Waals surface area contributed by atoms with Crippen LogP contribution in [-0.4, -0.2) is 28.3 Å². The van der Waals surface area contributed by atoms with E-state index in [9.17, 15) is 14.4 Å². The number of carbonyl (C=O) groups is 3. The number of aromatic nitrogens is 1. The summed E-state index contributed by atoms with van der Waals surface area (Å²) < 4.78 is 0. The summed E-state index contributed by atoms with van der Waals surface area (Å²) in [5.74, 6) is -0.754. The van der Waals surface area contributed by atoms with Gasteiger partial charge < -0.3 is 4.98 Å². The van der Waals surface area contributed by atoms with Crippen molar-refractivity contribution in [2.45, 2.75) is 38.5 Å². The van der Waals surface area contributed by atoms with Crippen LogP contribution in [0, 0.1) is 6.92 Å². The average molecular weight is 408 g/mol. The van der Waals surface area contributed by atoms with Crippen LogP contribution in [0.5, 0.6) is 0 Å². The Morgan fingerprint density at radius 3 is 2.41 bits per heavy atom. The Bertz CT molecular complexity index is 847. The summed E-state index contributed by atoms with van der Waals surface area (Å²) in [6.07, 6.45) is 1.39. The molecule has 0 aliphatic carbocycles. The standard InChI is InChI=1S/C19H22ClN3O3S/c1-4-5-15-17(12(3)24)11(2)21-18(15)19(26)23-22-16(25)10-27-14-8-6-13(20)7-9-14/h6-9,21H,4-5,10H2,1-3H3,(H,22,25)(H,23,26). The van der Waals surface area contributed by atoms with Gasteiger partial charge in [0.25, 0.3) is 5.91 Å². The molecule has 0 unspecified atom stereocenters. The SMILES string of the molecule is CCCc1c(C(=O)NNC(=O)CSc2ccc(Cl)cc2)[nH]c(C)c1C(C)=O. The van der Waals surface area contributed by atoms with Crippen molar-refractivity contribution in [2.75, 3.05) is 5.75 Å². The normalized spacial score (nSPS) is 10.5. The molecular formula is C19H22ClN3O3S. The number of carbonyl (C=O) groups excluding carboxylic acids is 3. The van der Waals surface area contributed by atoms with E-state index in [1.165, 1.54) is 18.7 Å². The molecule has 144 valence electrons. The number of H-pyrrole nitrogens is 1. The van der Waals surface area contributed by atoms with Crippen LogP contribution in [0.1, 0.15) is 52.4 Å². The number of thioether (sulfide) groups is 1. The maximum Gasteiger partial charge on any atom is 0.286 e. The van der Waals surface area contributed by atoms with E-state index in [0.717, 1.165) is 11.3 Å². The molecule has 1 aromatic carbocycles. The maximum atomic E-state index is 12.5. The van der Waals surface area contributed by atoms with E-state index in [0.29, 0.717) is 34.0 Å². The predicted molar refractivity (Wildman–Crippen MR) is 107 cm³/mol. The summed E-state index contributed by atoms with van der Waals surface area (Å²) >= 11 is 7.16. The number of amides is 2. The minimum absolute atomic E-state index is 0.0883. The first-order chi connectivity index (χ1) is 12.8. The molecule has 2 rings (SSSR count). The average Bonchev–Trinajstić information content (AvgIpc) is 2.96. The fraction of sp³-hybridized carbons (Fsp3) is 0.316. The fourth-order valence-electron chi connectivity index (χ4n) is 2.75. The first-order valence-corrected chi connectivity index (χ1v) is 9.89. The Kier molecular flexibility index (Phi) is 7.50. The highest BCUT2D eigenvalue weighted by Gasteiger charge is 2.22. The second-order valence-electron chi connectivity index (χ2n) is 6.03. The summed E-state index contributed by atoms with van der Waals surface area (Å²) in [4.78, 5) is 40.2. The Morgan fingerprint density at radius 1 is 1.15 bits per heavy atom. The Labute approximate surface area is 167 Å². The Morgan fingerprint density at radius 2 is 1.81 bits per heavy atom. The highest BCUT2D eigenvalue weighted by molar-refractivity contribution is 8.00. The van der Waals surface area contributed by atoms with Crippen molar-refractivity contribution in [3.63, 3.8) is 0 Å². The molecule has 2 amide bonds. The third kappa shape index (κ3) is 5.61. The number of halogens is 1. The van der Waals surface area contributed by atoms with Gasteiger partial charge in [0.15, 0.2) is 5.78 Å². The van der Waals surface area contributed by atoms with E-state index in [1.807, 2.05) is 19.1 Å². The second kappa shape index (κ2) is 9.62. The van der Waals surface area contributed by atoms with Crippen molar-refractivity contribution in [3.05, 3.63) is 51.8 Å². The van der Waals surface area contributed by atoms with Crippen LogP contribution in [0.4, 0.5) is 0 Å². The molecule has 0 spiro atoms. The van der Waals surface area contributed by atoms with Gasteiger partial charge in [-0.05, 0) is 50.1 Å². The highest BCUT2D eigenvalue weighted by atomic mass is 35.5. The van der Waals surface area contributed by atoms with Gasteiger partial charge in [-0.15, -0.1) is 11.8 Å². The maximum absolute atomic E-state index is 12.5. The lowest BCUT2D eigenvalue weighted by Crippen LogP contribution is -2.43. The zero-order valence-electron chi connectivity index (χ0n) is 15.4. The van der Waals surface area contributed by atoms with Crippen LogP contribution in [0.2, 0.25) is 5.02 Å². The molecule has 1 aromatic heterocycles. The zero-order chi connectivity index (χ0) is 20.0. The minimum Gasteiger partial charge on any atom is -0.354 e. The van der Waals surface area contributed by atoms with E-state index in [2.05, 4.69) is 15.8 Å². The summed E-state index contributed by atoms with van der Waals surface area (Å²) in [5, 5.41) is 0.630. The van der Waals surface area contributed by atoms with Crippen LogP contribution < -0.4 is 10.9 Å². The van der Waals surface area contributed by atoms with E-state index in [1.54, 1.807) is 19.1 Å². The van der Waals surface area contributed by atoms with E-state index >= 15 is 0 Å². The molecule has 8 heteroatoms. The van der Waals surface area contributed by atoms with Crippen LogP contribution in [-0.2, 0) is 11.2 Å². The van der Waals surface area contributed by atoms with Crippen molar-refractivity contribution >= 4 is 41.0 Å². The molecule has 0 saturated heterocycles. The number of rotatable bonds is 7. The van der Waals surface area contributed by atoms with Crippen molar-refractivity contribution in [1.29, 1.82) is 0 Å². The van der Waals surface area contributed by atoms with Gasteiger partial charge in [0.1, 0.15) is 5.69 Å². The first-order valence-electron chi connectivity index (χ1n) is 8.53.